The largest absolute Gasteiger partial charge is 0.354 e. The summed E-state index contributed by atoms with van der Waals surface area (Å²) in [7, 11) is 0. The summed E-state index contributed by atoms with van der Waals surface area (Å²) in [5, 5.41) is 10.3. The van der Waals surface area contributed by atoms with E-state index in [1.165, 1.54) is 0 Å². The van der Waals surface area contributed by atoms with Crippen LogP contribution in [0.4, 0.5) is 11.6 Å². The van der Waals surface area contributed by atoms with Crippen molar-refractivity contribution < 1.29 is 4.79 Å². The molecule has 3 N–H and O–H groups in total. The molecule has 8 heteroatoms. The average Bonchev–Trinajstić information content (AvgIpc) is 3.17. The first kappa shape index (κ1) is 18.6. The van der Waals surface area contributed by atoms with Gasteiger partial charge in [0.1, 0.15) is 0 Å². The van der Waals surface area contributed by atoms with Crippen molar-refractivity contribution in [2.45, 2.75) is 23.5 Å². The monoisotopic (exact) mass is 394 g/mol. The maximum absolute atomic E-state index is 12.5. The van der Waals surface area contributed by atoms with Gasteiger partial charge in [0.05, 0.1) is 22.7 Å². The third kappa shape index (κ3) is 4.07. The third-order valence-corrected chi connectivity index (χ3v) is 5.84. The number of carbonyl (C=O) groups excluding carboxylic acids is 1. The summed E-state index contributed by atoms with van der Waals surface area (Å²) in [6.45, 7) is 4.38. The molecule has 0 fully saturated rings. The number of thioether (sulfide) groups is 1. The van der Waals surface area contributed by atoms with Crippen molar-refractivity contribution in [2.75, 3.05) is 25.0 Å². The second-order valence-corrected chi connectivity index (χ2v) is 7.74. The van der Waals surface area contributed by atoms with Gasteiger partial charge < -0.3 is 16.0 Å². The molecule has 0 saturated carbocycles. The number of hydrogen-bond acceptors (Lipinski definition) is 7. The van der Waals surface area contributed by atoms with Gasteiger partial charge in [-0.2, -0.15) is 0 Å². The van der Waals surface area contributed by atoms with Crippen LogP contribution in [0.25, 0.3) is 10.9 Å². The minimum absolute atomic E-state index is 0.0787. The molecule has 1 atom stereocenters. The number of aromatic nitrogens is 3. The molecule has 1 aromatic carbocycles. The van der Waals surface area contributed by atoms with Gasteiger partial charge in [-0.3, -0.25) is 9.78 Å². The van der Waals surface area contributed by atoms with E-state index < -0.39 is 0 Å². The minimum Gasteiger partial charge on any atom is -0.354 e. The first-order chi connectivity index (χ1) is 13.7. The Hall–Kier alpha value is -2.71. The van der Waals surface area contributed by atoms with Crippen molar-refractivity contribution in [3.05, 3.63) is 48.4 Å². The number of amides is 1. The van der Waals surface area contributed by atoms with Crippen LogP contribution < -0.4 is 16.0 Å². The number of pyridine rings is 1. The van der Waals surface area contributed by atoms with Crippen LogP contribution >= 0.6 is 11.8 Å². The van der Waals surface area contributed by atoms with Crippen molar-refractivity contribution >= 4 is 40.2 Å². The van der Waals surface area contributed by atoms with Crippen LogP contribution in [0.5, 0.6) is 0 Å². The molecular formula is C20H22N6OS. The van der Waals surface area contributed by atoms with E-state index in [0.29, 0.717) is 18.9 Å². The molecule has 1 aliphatic rings. The Morgan fingerprint density at radius 2 is 2.18 bits per heavy atom. The Morgan fingerprint density at radius 1 is 1.25 bits per heavy atom. The molecule has 0 aliphatic carbocycles. The van der Waals surface area contributed by atoms with Gasteiger partial charge in [-0.05, 0) is 36.7 Å². The standard InChI is InChI=1S/C20H22N6OS/c1-2-21-8-9-23-19(27)17-10-15-16(28-17)6-5-13-11-24-20(26-18(13)15)25-14-4-3-7-22-12-14/h3-7,11-12,17,21H,2,8-10H2,1H3,(H,23,27)(H,24,25,26)/t17-/m1/s1. The molecule has 1 aliphatic heterocycles. The lowest BCUT2D eigenvalue weighted by Gasteiger charge is -2.10. The molecule has 0 unspecified atom stereocenters. The maximum Gasteiger partial charge on any atom is 0.233 e. The van der Waals surface area contributed by atoms with Crippen molar-refractivity contribution in [1.29, 1.82) is 0 Å². The molecule has 1 amide bonds. The second kappa shape index (κ2) is 8.53. The summed E-state index contributed by atoms with van der Waals surface area (Å²) in [6.07, 6.45) is 5.94. The lowest BCUT2D eigenvalue weighted by Crippen LogP contribution is -2.37. The predicted molar refractivity (Wildman–Crippen MR) is 112 cm³/mol. The number of anilines is 2. The highest BCUT2D eigenvalue weighted by Crippen LogP contribution is 2.40. The van der Waals surface area contributed by atoms with E-state index in [2.05, 4.69) is 38.9 Å². The summed E-state index contributed by atoms with van der Waals surface area (Å²) < 4.78 is 0. The SMILES string of the molecule is CCNCCNC(=O)[C@H]1Cc2c(ccc3cnc(Nc4cccnc4)nc23)S1. The number of nitrogens with zero attached hydrogens (tertiary/aromatic N) is 3. The van der Waals surface area contributed by atoms with Gasteiger partial charge in [-0.1, -0.05) is 13.0 Å². The first-order valence-corrected chi connectivity index (χ1v) is 10.2. The summed E-state index contributed by atoms with van der Waals surface area (Å²) in [5.41, 5.74) is 2.85. The number of nitrogens with one attached hydrogen (secondary N) is 3. The zero-order valence-electron chi connectivity index (χ0n) is 15.6. The van der Waals surface area contributed by atoms with Gasteiger partial charge in [-0.15, -0.1) is 11.8 Å². The quantitative estimate of drug-likeness (QED) is 0.530. The van der Waals surface area contributed by atoms with E-state index in [9.17, 15) is 4.79 Å². The predicted octanol–water partition coefficient (Wildman–Crippen LogP) is 2.51. The molecule has 0 spiro atoms. The molecule has 144 valence electrons. The summed E-state index contributed by atoms with van der Waals surface area (Å²) in [5.74, 6) is 0.604. The fourth-order valence-electron chi connectivity index (χ4n) is 3.16. The van der Waals surface area contributed by atoms with Crippen LogP contribution in [-0.2, 0) is 11.2 Å². The van der Waals surface area contributed by atoms with E-state index in [0.717, 1.165) is 40.1 Å². The number of hydrogen-bond donors (Lipinski definition) is 3. The Labute approximate surface area is 167 Å². The van der Waals surface area contributed by atoms with Gasteiger partial charge in [0.2, 0.25) is 11.9 Å². The number of rotatable bonds is 7. The molecule has 4 rings (SSSR count). The van der Waals surface area contributed by atoms with Gasteiger partial charge in [0.15, 0.2) is 0 Å². The van der Waals surface area contributed by atoms with Crippen LogP contribution in [0, 0.1) is 0 Å². The van der Waals surface area contributed by atoms with Crippen LogP contribution in [0.2, 0.25) is 0 Å². The van der Waals surface area contributed by atoms with Crippen molar-refractivity contribution in [2.24, 2.45) is 0 Å². The van der Waals surface area contributed by atoms with E-state index in [4.69, 9.17) is 4.98 Å². The number of carbonyl (C=O) groups is 1. The van der Waals surface area contributed by atoms with Gasteiger partial charge in [0.25, 0.3) is 0 Å². The van der Waals surface area contributed by atoms with Crippen molar-refractivity contribution in [1.82, 2.24) is 25.6 Å². The van der Waals surface area contributed by atoms with E-state index >= 15 is 0 Å². The smallest absolute Gasteiger partial charge is 0.233 e. The first-order valence-electron chi connectivity index (χ1n) is 9.35. The van der Waals surface area contributed by atoms with E-state index in [1.807, 2.05) is 24.4 Å². The lowest BCUT2D eigenvalue weighted by molar-refractivity contribution is -0.120. The summed E-state index contributed by atoms with van der Waals surface area (Å²) >= 11 is 1.61. The molecule has 3 heterocycles. The second-order valence-electron chi connectivity index (χ2n) is 6.50. The molecule has 7 nitrogen and oxygen atoms in total. The zero-order chi connectivity index (χ0) is 19.3. The number of likely N-dealkylation sites (N-methyl/N-ethyl adjacent to an activating group) is 1. The Bertz CT molecular complexity index is 981. The summed E-state index contributed by atoms with van der Waals surface area (Å²) in [6, 6.07) is 7.85. The molecular weight excluding hydrogens is 372 g/mol. The molecule has 0 radical (unpaired) electrons. The zero-order valence-corrected chi connectivity index (χ0v) is 16.4. The van der Waals surface area contributed by atoms with Crippen molar-refractivity contribution in [3.63, 3.8) is 0 Å². The fourth-order valence-corrected chi connectivity index (χ4v) is 4.38. The van der Waals surface area contributed by atoms with Crippen molar-refractivity contribution in [3.8, 4) is 0 Å². The maximum atomic E-state index is 12.5. The number of fused-ring (bicyclic) bond motifs is 3. The highest BCUT2D eigenvalue weighted by atomic mass is 32.2. The Balaban J connectivity index is 1.52. The molecule has 0 saturated heterocycles. The normalized spacial score (nSPS) is 15.4. The van der Waals surface area contributed by atoms with Gasteiger partial charge in [0, 0.05) is 35.8 Å². The van der Waals surface area contributed by atoms with Crippen LogP contribution in [-0.4, -0.2) is 45.7 Å². The molecule has 28 heavy (non-hydrogen) atoms. The van der Waals surface area contributed by atoms with Gasteiger partial charge >= 0.3 is 0 Å². The van der Waals surface area contributed by atoms with Crippen LogP contribution in [0.3, 0.4) is 0 Å². The fraction of sp³-hybridized carbons (Fsp3) is 0.300. The molecule has 3 aromatic rings. The molecule has 0 bridgehead atoms. The highest BCUT2D eigenvalue weighted by Gasteiger charge is 2.30. The molecule has 2 aromatic heterocycles. The topological polar surface area (TPSA) is 91.8 Å². The third-order valence-electron chi connectivity index (χ3n) is 4.53. The van der Waals surface area contributed by atoms with Gasteiger partial charge in [-0.25, -0.2) is 9.97 Å². The van der Waals surface area contributed by atoms with Crippen LogP contribution in [0.15, 0.2) is 47.8 Å². The Morgan fingerprint density at radius 3 is 3.00 bits per heavy atom. The number of benzene rings is 1. The Kier molecular flexibility index (Phi) is 5.68. The average molecular weight is 395 g/mol. The lowest BCUT2D eigenvalue weighted by atomic mass is 10.1. The summed E-state index contributed by atoms with van der Waals surface area (Å²) in [4.78, 5) is 26.8. The minimum atomic E-state index is -0.119. The van der Waals surface area contributed by atoms with E-state index in [1.54, 1.807) is 24.2 Å². The highest BCUT2D eigenvalue weighted by molar-refractivity contribution is 8.01. The van der Waals surface area contributed by atoms with E-state index in [-0.39, 0.29) is 11.2 Å². The van der Waals surface area contributed by atoms with Crippen LogP contribution in [0.1, 0.15) is 12.5 Å².